The lowest BCUT2D eigenvalue weighted by Crippen LogP contribution is -2.56. The smallest absolute Gasteiger partial charge is 0.320 e. The maximum absolute atomic E-state index is 13.3. The van der Waals surface area contributed by atoms with Gasteiger partial charge in [-0.05, 0) is 85.8 Å². The maximum Gasteiger partial charge on any atom is 0.320 e. The van der Waals surface area contributed by atoms with Gasteiger partial charge in [-0.2, -0.15) is 0 Å². The molecular formula is C27H30O5. The topological polar surface area (TPSA) is 65.0 Å². The molecule has 5 nitrogen and oxygen atoms in total. The summed E-state index contributed by atoms with van der Waals surface area (Å²) in [6, 6.07) is 11.8. The van der Waals surface area contributed by atoms with Crippen molar-refractivity contribution in [1.29, 1.82) is 0 Å². The second kappa shape index (κ2) is 7.44. The lowest BCUT2D eigenvalue weighted by atomic mass is 9.67. The van der Waals surface area contributed by atoms with Crippen LogP contribution >= 0.6 is 0 Å². The number of aromatic hydroxyl groups is 1. The van der Waals surface area contributed by atoms with E-state index in [1.807, 2.05) is 71.0 Å². The average Bonchev–Trinajstić information content (AvgIpc) is 3.18. The van der Waals surface area contributed by atoms with Crippen LogP contribution in [0.15, 0.2) is 36.4 Å². The van der Waals surface area contributed by atoms with Crippen LogP contribution in [0.1, 0.15) is 41.7 Å². The van der Waals surface area contributed by atoms with Crippen molar-refractivity contribution in [1.82, 2.24) is 0 Å². The Labute approximate surface area is 188 Å². The van der Waals surface area contributed by atoms with Crippen molar-refractivity contribution in [3.05, 3.63) is 64.2 Å². The molecule has 32 heavy (non-hydrogen) atoms. The zero-order valence-corrected chi connectivity index (χ0v) is 19.8. The second-order valence-electron chi connectivity index (χ2n) is 9.09. The summed E-state index contributed by atoms with van der Waals surface area (Å²) in [5.41, 5.74) is 2.25. The molecule has 0 radical (unpaired) electrons. The van der Waals surface area contributed by atoms with Gasteiger partial charge in [0.1, 0.15) is 28.3 Å². The van der Waals surface area contributed by atoms with Gasteiger partial charge in [-0.3, -0.25) is 4.79 Å². The van der Waals surface area contributed by atoms with Crippen molar-refractivity contribution >= 4 is 16.7 Å². The number of carbonyl (C=O) groups excluding carboxylic acids is 1. The van der Waals surface area contributed by atoms with Crippen molar-refractivity contribution in [2.24, 2.45) is 0 Å². The summed E-state index contributed by atoms with van der Waals surface area (Å²) in [4.78, 5) is 13.3. The van der Waals surface area contributed by atoms with Crippen LogP contribution in [0.3, 0.4) is 0 Å². The Kier molecular flexibility index (Phi) is 5.11. The van der Waals surface area contributed by atoms with Gasteiger partial charge in [0, 0.05) is 12.0 Å². The number of carbonyl (C=O) groups is 1. The molecule has 168 valence electrons. The van der Waals surface area contributed by atoms with Gasteiger partial charge in [0.15, 0.2) is 0 Å². The van der Waals surface area contributed by atoms with E-state index in [-0.39, 0.29) is 11.7 Å². The summed E-state index contributed by atoms with van der Waals surface area (Å²) in [5, 5.41) is 12.6. The zero-order valence-electron chi connectivity index (χ0n) is 19.8. The van der Waals surface area contributed by atoms with Crippen LogP contribution in [0.25, 0.3) is 10.8 Å². The molecule has 0 saturated carbocycles. The number of hydrogen-bond acceptors (Lipinski definition) is 5. The minimum Gasteiger partial charge on any atom is -0.507 e. The molecule has 2 unspecified atom stereocenters. The van der Waals surface area contributed by atoms with Crippen molar-refractivity contribution in [2.45, 2.75) is 52.1 Å². The molecule has 2 atom stereocenters. The SMILES string of the molecule is COC(=O)C(C)(c1ccc2cc(OC)ccc2c1)C1(C)Cc2c(C)c(O)c(C)c(C)c2O1. The van der Waals surface area contributed by atoms with Crippen molar-refractivity contribution in [3.8, 4) is 17.2 Å². The fraction of sp³-hybridized carbons (Fsp3) is 0.370. The van der Waals surface area contributed by atoms with Crippen molar-refractivity contribution in [2.75, 3.05) is 14.2 Å². The summed E-state index contributed by atoms with van der Waals surface area (Å²) in [6.45, 7) is 9.56. The first-order valence-corrected chi connectivity index (χ1v) is 10.7. The number of ether oxygens (including phenoxy) is 3. The average molecular weight is 435 g/mol. The van der Waals surface area contributed by atoms with Crippen LogP contribution in [0.4, 0.5) is 0 Å². The normalized spacial score (nSPS) is 19.2. The quantitative estimate of drug-likeness (QED) is 0.564. The molecule has 0 spiro atoms. The van der Waals surface area contributed by atoms with Crippen LogP contribution in [0.5, 0.6) is 17.2 Å². The highest BCUT2D eigenvalue weighted by molar-refractivity contribution is 5.90. The number of benzene rings is 3. The van der Waals surface area contributed by atoms with E-state index in [1.165, 1.54) is 7.11 Å². The summed E-state index contributed by atoms with van der Waals surface area (Å²) in [5.74, 6) is 1.45. The molecule has 0 saturated heterocycles. The van der Waals surface area contributed by atoms with E-state index in [9.17, 15) is 9.90 Å². The van der Waals surface area contributed by atoms with E-state index in [0.717, 1.165) is 50.1 Å². The fourth-order valence-electron chi connectivity index (χ4n) is 4.90. The van der Waals surface area contributed by atoms with Crippen molar-refractivity contribution in [3.63, 3.8) is 0 Å². The first-order chi connectivity index (χ1) is 15.1. The highest BCUT2D eigenvalue weighted by atomic mass is 16.5. The van der Waals surface area contributed by atoms with E-state index in [1.54, 1.807) is 7.11 Å². The molecule has 0 bridgehead atoms. The molecule has 5 heteroatoms. The lowest BCUT2D eigenvalue weighted by molar-refractivity contribution is -0.155. The van der Waals surface area contributed by atoms with E-state index in [2.05, 4.69) is 0 Å². The van der Waals surface area contributed by atoms with Gasteiger partial charge < -0.3 is 19.3 Å². The summed E-state index contributed by atoms with van der Waals surface area (Å²) >= 11 is 0. The Morgan fingerprint density at radius 1 is 1.03 bits per heavy atom. The third-order valence-corrected chi connectivity index (χ3v) is 7.46. The largest absolute Gasteiger partial charge is 0.507 e. The predicted octanol–water partition coefficient (Wildman–Crippen LogP) is 5.30. The Hall–Kier alpha value is -3.21. The van der Waals surface area contributed by atoms with Gasteiger partial charge in [-0.1, -0.05) is 18.2 Å². The van der Waals surface area contributed by atoms with E-state index in [4.69, 9.17) is 14.2 Å². The Bertz CT molecular complexity index is 1210. The van der Waals surface area contributed by atoms with Gasteiger partial charge in [0.25, 0.3) is 0 Å². The number of phenols is 1. The Balaban J connectivity index is 1.89. The van der Waals surface area contributed by atoms with Crippen LogP contribution < -0.4 is 9.47 Å². The molecule has 0 amide bonds. The van der Waals surface area contributed by atoms with Gasteiger partial charge in [0.2, 0.25) is 0 Å². The number of methoxy groups -OCH3 is 2. The summed E-state index contributed by atoms with van der Waals surface area (Å²) < 4.78 is 17.3. The summed E-state index contributed by atoms with van der Waals surface area (Å²) in [7, 11) is 3.05. The molecule has 1 aliphatic heterocycles. The third-order valence-electron chi connectivity index (χ3n) is 7.46. The summed E-state index contributed by atoms with van der Waals surface area (Å²) in [6.07, 6.45) is 0.481. The van der Waals surface area contributed by atoms with E-state index >= 15 is 0 Å². The van der Waals surface area contributed by atoms with Crippen LogP contribution in [0.2, 0.25) is 0 Å². The third kappa shape index (κ3) is 2.94. The number of phenolic OH excluding ortho intramolecular Hbond substituents is 1. The first-order valence-electron chi connectivity index (χ1n) is 10.7. The maximum atomic E-state index is 13.3. The number of esters is 1. The molecule has 1 heterocycles. The number of rotatable bonds is 4. The van der Waals surface area contributed by atoms with Gasteiger partial charge in [0.05, 0.1) is 14.2 Å². The highest BCUT2D eigenvalue weighted by Gasteiger charge is 2.58. The molecule has 4 rings (SSSR count). The molecular weight excluding hydrogens is 404 g/mol. The highest BCUT2D eigenvalue weighted by Crippen LogP contribution is 2.52. The van der Waals surface area contributed by atoms with Gasteiger partial charge in [-0.15, -0.1) is 0 Å². The fourth-order valence-corrected chi connectivity index (χ4v) is 4.90. The Morgan fingerprint density at radius 2 is 1.69 bits per heavy atom. The zero-order chi connectivity index (χ0) is 23.4. The number of hydrogen-bond donors (Lipinski definition) is 1. The monoisotopic (exact) mass is 434 g/mol. The molecule has 3 aromatic rings. The van der Waals surface area contributed by atoms with Crippen LogP contribution in [-0.4, -0.2) is 30.9 Å². The van der Waals surface area contributed by atoms with Gasteiger partial charge in [-0.25, -0.2) is 0 Å². The van der Waals surface area contributed by atoms with Gasteiger partial charge >= 0.3 is 5.97 Å². The minimum atomic E-state index is -1.09. The van der Waals surface area contributed by atoms with E-state index < -0.39 is 11.0 Å². The number of fused-ring (bicyclic) bond motifs is 2. The molecule has 0 aromatic heterocycles. The Morgan fingerprint density at radius 3 is 2.34 bits per heavy atom. The van der Waals surface area contributed by atoms with E-state index in [0.29, 0.717) is 6.42 Å². The predicted molar refractivity (Wildman–Crippen MR) is 125 cm³/mol. The molecule has 1 aliphatic rings. The van der Waals surface area contributed by atoms with Crippen LogP contribution in [0, 0.1) is 20.8 Å². The molecule has 0 fully saturated rings. The minimum absolute atomic E-state index is 0.286. The van der Waals surface area contributed by atoms with Crippen molar-refractivity contribution < 1.29 is 24.1 Å². The second-order valence-corrected chi connectivity index (χ2v) is 9.09. The molecule has 3 aromatic carbocycles. The molecule has 1 N–H and O–H groups in total. The standard InChI is InChI=1S/C27H30O5/c1-15-16(2)24-22(17(3)23(15)28)14-26(4,32-24)27(5,25(29)31-7)20-10-8-19-13-21(30-6)11-9-18(19)12-20/h8-13,28H,14H2,1-7H3. The van der Waals surface area contributed by atoms with Crippen LogP contribution in [-0.2, 0) is 21.4 Å². The molecule has 0 aliphatic carbocycles. The first kappa shape index (κ1) is 22.0. The lowest BCUT2D eigenvalue weighted by Gasteiger charge is -2.41.